The highest BCUT2D eigenvalue weighted by Gasteiger charge is 2.49. The van der Waals surface area contributed by atoms with Gasteiger partial charge in [0, 0.05) is 32.7 Å². The van der Waals surface area contributed by atoms with Gasteiger partial charge >= 0.3 is 5.97 Å². The lowest BCUT2D eigenvalue weighted by molar-refractivity contribution is -0.157. The van der Waals surface area contributed by atoms with Crippen molar-refractivity contribution in [3.05, 3.63) is 48.0 Å². The summed E-state index contributed by atoms with van der Waals surface area (Å²) in [5.74, 6) is -1.55. The van der Waals surface area contributed by atoms with Crippen LogP contribution in [-0.4, -0.2) is 59.5 Å². The van der Waals surface area contributed by atoms with Crippen LogP contribution in [0.5, 0.6) is 0 Å². The molecule has 1 N–H and O–H groups in total. The number of hydrogen-bond donors (Lipinski definition) is 1. The largest absolute Gasteiger partial charge is 0.481 e. The molecule has 4 atom stereocenters. The number of piperazine rings is 1. The predicted octanol–water partition coefficient (Wildman–Crippen LogP) is 2.29. The molecule has 4 aliphatic rings. The van der Waals surface area contributed by atoms with Crippen molar-refractivity contribution in [3.8, 4) is 0 Å². The Morgan fingerprint density at radius 2 is 1.56 bits per heavy atom. The quantitative estimate of drug-likeness (QED) is 0.810. The number of fused-ring (bicyclic) bond motifs is 2. The van der Waals surface area contributed by atoms with E-state index in [4.69, 9.17) is 0 Å². The molecule has 2 bridgehead atoms. The van der Waals surface area contributed by atoms with Crippen LogP contribution in [-0.2, 0) is 16.0 Å². The van der Waals surface area contributed by atoms with Gasteiger partial charge in [0.2, 0.25) is 5.91 Å². The molecule has 0 unspecified atom stereocenters. The second kappa shape index (κ2) is 7.85. The highest BCUT2D eigenvalue weighted by atomic mass is 16.4. The van der Waals surface area contributed by atoms with Crippen LogP contribution in [0.1, 0.15) is 18.4 Å². The first kappa shape index (κ1) is 18.2. The van der Waals surface area contributed by atoms with E-state index in [9.17, 15) is 14.7 Å². The van der Waals surface area contributed by atoms with Crippen LogP contribution in [0, 0.1) is 23.7 Å². The highest BCUT2D eigenvalue weighted by Crippen LogP contribution is 2.45. The Morgan fingerprint density at radius 3 is 2.15 bits per heavy atom. The SMILES string of the molecule is O=C(O)[C@@H]1[C@@H](C(=O)N2CCN(CCc3ccccc3)CC2)[C@H]2C=C[C@@H]1CC2. The number of benzene rings is 1. The fourth-order valence-electron chi connectivity index (χ4n) is 5.00. The van der Waals surface area contributed by atoms with E-state index >= 15 is 0 Å². The van der Waals surface area contributed by atoms with E-state index in [1.165, 1.54) is 5.56 Å². The van der Waals surface area contributed by atoms with Gasteiger partial charge < -0.3 is 10.0 Å². The highest BCUT2D eigenvalue weighted by molar-refractivity contribution is 5.86. The van der Waals surface area contributed by atoms with Gasteiger partial charge in [-0.3, -0.25) is 14.5 Å². The van der Waals surface area contributed by atoms with E-state index < -0.39 is 11.9 Å². The third kappa shape index (κ3) is 3.79. The first-order chi connectivity index (χ1) is 13.1. The Kier molecular flexibility index (Phi) is 5.30. The number of carboxylic acids is 1. The van der Waals surface area contributed by atoms with Crippen molar-refractivity contribution in [2.24, 2.45) is 23.7 Å². The van der Waals surface area contributed by atoms with Crippen molar-refractivity contribution in [2.45, 2.75) is 19.3 Å². The Morgan fingerprint density at radius 1 is 0.926 bits per heavy atom. The molecule has 1 aromatic carbocycles. The molecule has 1 amide bonds. The maximum Gasteiger partial charge on any atom is 0.307 e. The van der Waals surface area contributed by atoms with Gasteiger partial charge in [-0.15, -0.1) is 0 Å². The summed E-state index contributed by atoms with van der Waals surface area (Å²) in [6.45, 7) is 4.15. The molecule has 2 fully saturated rings. The van der Waals surface area contributed by atoms with E-state index in [2.05, 4.69) is 35.2 Å². The molecule has 5 heteroatoms. The number of hydrogen-bond acceptors (Lipinski definition) is 3. The number of carbonyl (C=O) groups excluding carboxylic acids is 1. The zero-order valence-electron chi connectivity index (χ0n) is 15.7. The van der Waals surface area contributed by atoms with Crippen LogP contribution >= 0.6 is 0 Å². The molecule has 0 radical (unpaired) electrons. The maximum atomic E-state index is 13.2. The van der Waals surface area contributed by atoms with Crippen molar-refractivity contribution in [2.75, 3.05) is 32.7 Å². The molecule has 5 nitrogen and oxygen atoms in total. The number of allylic oxidation sites excluding steroid dienone is 2. The molecule has 0 aromatic heterocycles. The van der Waals surface area contributed by atoms with Crippen LogP contribution in [0.3, 0.4) is 0 Å². The number of carbonyl (C=O) groups is 2. The Labute approximate surface area is 160 Å². The van der Waals surface area contributed by atoms with E-state index in [0.29, 0.717) is 13.1 Å². The number of nitrogens with zero attached hydrogens (tertiary/aromatic N) is 2. The second-order valence-electron chi connectivity index (χ2n) is 8.08. The predicted molar refractivity (Wildman–Crippen MR) is 103 cm³/mol. The average Bonchev–Trinajstić information content (AvgIpc) is 2.73. The standard InChI is InChI=1S/C22H28N2O3/c25-21(19-17-6-8-18(9-7-17)20(19)22(26)27)24-14-12-23(13-15-24)11-10-16-4-2-1-3-5-16/h1-6,8,17-20H,7,9-15H2,(H,26,27)/t17-,18+,19-,20-/m0/s1. The van der Waals surface area contributed by atoms with Crippen molar-refractivity contribution in [3.63, 3.8) is 0 Å². The molecule has 0 spiro atoms. The van der Waals surface area contributed by atoms with E-state index in [-0.39, 0.29) is 23.7 Å². The van der Waals surface area contributed by atoms with E-state index in [1.807, 2.05) is 17.0 Å². The van der Waals surface area contributed by atoms with Gasteiger partial charge in [-0.2, -0.15) is 0 Å². The minimum Gasteiger partial charge on any atom is -0.481 e. The lowest BCUT2D eigenvalue weighted by atomic mass is 9.62. The fraction of sp³-hybridized carbons (Fsp3) is 0.545. The van der Waals surface area contributed by atoms with Gasteiger partial charge in [-0.25, -0.2) is 0 Å². The number of amides is 1. The summed E-state index contributed by atoms with van der Waals surface area (Å²) in [6, 6.07) is 10.5. The average molecular weight is 368 g/mol. The summed E-state index contributed by atoms with van der Waals surface area (Å²) in [5.41, 5.74) is 1.34. The molecule has 1 heterocycles. The Balaban J connectivity index is 1.33. The number of rotatable bonds is 5. The summed E-state index contributed by atoms with van der Waals surface area (Å²) < 4.78 is 0. The van der Waals surface area contributed by atoms with E-state index in [0.717, 1.165) is 38.9 Å². The third-order valence-electron chi connectivity index (χ3n) is 6.56. The molecular formula is C22H28N2O3. The molecular weight excluding hydrogens is 340 g/mol. The molecule has 1 saturated carbocycles. The van der Waals surface area contributed by atoms with Gasteiger partial charge in [-0.05, 0) is 36.7 Å². The zero-order chi connectivity index (χ0) is 18.8. The second-order valence-corrected chi connectivity index (χ2v) is 8.08. The monoisotopic (exact) mass is 368 g/mol. The molecule has 1 aromatic rings. The number of aliphatic carboxylic acids is 1. The summed E-state index contributed by atoms with van der Waals surface area (Å²) in [6.07, 6.45) is 6.98. The van der Waals surface area contributed by atoms with Crippen molar-refractivity contribution < 1.29 is 14.7 Å². The van der Waals surface area contributed by atoms with E-state index in [1.54, 1.807) is 0 Å². The zero-order valence-corrected chi connectivity index (χ0v) is 15.7. The van der Waals surface area contributed by atoms with Crippen LogP contribution in [0.4, 0.5) is 0 Å². The summed E-state index contributed by atoms with van der Waals surface area (Å²) in [5, 5.41) is 9.69. The maximum absolute atomic E-state index is 13.2. The molecule has 5 rings (SSSR count). The fourth-order valence-corrected chi connectivity index (χ4v) is 5.00. The minimum atomic E-state index is -0.811. The van der Waals surface area contributed by atoms with Gasteiger partial charge in [0.1, 0.15) is 0 Å². The lowest BCUT2D eigenvalue weighted by Gasteiger charge is -2.45. The van der Waals surface area contributed by atoms with Crippen LogP contribution in [0.25, 0.3) is 0 Å². The van der Waals surface area contributed by atoms with Crippen LogP contribution in [0.15, 0.2) is 42.5 Å². The Hall–Kier alpha value is -2.14. The smallest absolute Gasteiger partial charge is 0.307 e. The normalized spacial score (nSPS) is 30.4. The lowest BCUT2D eigenvalue weighted by Crippen LogP contribution is -2.55. The van der Waals surface area contributed by atoms with Crippen LogP contribution in [0.2, 0.25) is 0 Å². The van der Waals surface area contributed by atoms with Crippen molar-refractivity contribution in [1.29, 1.82) is 0 Å². The molecule has 27 heavy (non-hydrogen) atoms. The number of carboxylic acid groups (broad SMARTS) is 1. The summed E-state index contributed by atoms with van der Waals surface area (Å²) in [4.78, 5) is 29.3. The minimum absolute atomic E-state index is 0.0219. The topological polar surface area (TPSA) is 60.9 Å². The van der Waals surface area contributed by atoms with Crippen LogP contribution < -0.4 is 0 Å². The molecule has 1 saturated heterocycles. The van der Waals surface area contributed by atoms with Gasteiger partial charge in [0.25, 0.3) is 0 Å². The van der Waals surface area contributed by atoms with Gasteiger partial charge in [0.05, 0.1) is 11.8 Å². The summed E-state index contributed by atoms with van der Waals surface area (Å²) >= 11 is 0. The molecule has 3 aliphatic carbocycles. The third-order valence-corrected chi connectivity index (χ3v) is 6.56. The van der Waals surface area contributed by atoms with Crippen molar-refractivity contribution >= 4 is 11.9 Å². The summed E-state index contributed by atoms with van der Waals surface area (Å²) in [7, 11) is 0. The first-order valence-corrected chi connectivity index (χ1v) is 10.1. The van der Waals surface area contributed by atoms with Crippen molar-refractivity contribution in [1.82, 2.24) is 9.80 Å². The van der Waals surface area contributed by atoms with Gasteiger partial charge in [0.15, 0.2) is 0 Å². The Bertz CT molecular complexity index is 710. The molecule has 144 valence electrons. The molecule has 1 aliphatic heterocycles. The van der Waals surface area contributed by atoms with Gasteiger partial charge in [-0.1, -0.05) is 42.5 Å². The first-order valence-electron chi connectivity index (χ1n) is 10.1.